The summed E-state index contributed by atoms with van der Waals surface area (Å²) in [5.41, 5.74) is 0. The van der Waals surface area contributed by atoms with Crippen molar-refractivity contribution >= 4 is 106 Å². The molecule has 0 aliphatic rings. The van der Waals surface area contributed by atoms with E-state index in [0.29, 0.717) is 0 Å². The van der Waals surface area contributed by atoms with Crippen molar-refractivity contribution < 1.29 is 223 Å². The smallest absolute Gasteiger partial charge is 0.870 e. The molecule has 0 aromatic rings. The molecule has 0 aliphatic heterocycles. The van der Waals surface area contributed by atoms with Gasteiger partial charge in [-0.25, -0.2) is 0 Å². The van der Waals surface area contributed by atoms with Gasteiger partial charge in [0.15, 0.2) is 0 Å². The van der Waals surface area contributed by atoms with Crippen LogP contribution >= 0.6 is 0 Å². The van der Waals surface area contributed by atoms with Gasteiger partial charge in [0.2, 0.25) is 0 Å². The molecule has 0 amide bonds. The minimum atomic E-state index is -3.63. The summed E-state index contributed by atoms with van der Waals surface area (Å²) < 4.78 is 34.1. The molecule has 29 heavy (non-hydrogen) atoms. The Morgan fingerprint density at radius 2 is 0.345 bits per heavy atom. The first-order valence-corrected chi connectivity index (χ1v) is 7.35. The Balaban J connectivity index is -0.00000000384. The van der Waals surface area contributed by atoms with E-state index < -0.39 is 36.7 Å². The fourth-order valence-corrected chi connectivity index (χ4v) is 0. The van der Waals surface area contributed by atoms with E-state index in [1.54, 1.807) is 0 Å². The van der Waals surface area contributed by atoms with Crippen LogP contribution in [0.5, 0.6) is 0 Å². The van der Waals surface area contributed by atoms with Crippen LogP contribution in [0.2, 0.25) is 0 Å². The predicted octanol–water partition coefficient (Wildman–Crippen LogP) is -31.3. The first-order valence-electron chi connectivity index (χ1n) is 2.45. The average molecular weight is 535 g/mol. The zero-order valence-corrected chi connectivity index (χ0v) is 31.1. The molecule has 128 valence electrons. The standard InChI is InChI=1S/3Li.3Mg.3Na.4O3Si.4H2O/c;;;;;;;;;4*1-4(2)3;;;;/h;;;;;;;;;;;;;4*1H2/q3*+1;3*+2;3*+1;4*-2;;;;/p-4. The van der Waals surface area contributed by atoms with Gasteiger partial charge in [-0.2, -0.15) is 0 Å². The predicted molar refractivity (Wildman–Crippen MR) is 50.8 cm³/mol. The molecule has 0 spiro atoms. The van der Waals surface area contributed by atoms with Crippen LogP contribution in [-0.2, 0) is 17.8 Å². The molecule has 16 nitrogen and oxygen atoms in total. The SMILES string of the molecule is O=[Si]([O-])[O-].O=[Si]([O-])[O-].O=[Si]([O-])[O-].O=[Si]([O-])[O-].[Li+].[Li+].[Li+].[Mg+2].[Mg+2].[Mg+2].[Na+].[Na+].[Na+].[OH-].[OH-].[OH-].[OH-]. The largest absolute Gasteiger partial charge is 2.00 e. The molecule has 0 heterocycles. The molecule has 0 atom stereocenters. The first-order chi connectivity index (χ1) is 6.93. The van der Waals surface area contributed by atoms with Crippen LogP contribution < -0.4 is 184 Å². The van der Waals surface area contributed by atoms with Gasteiger partial charge in [-0.3, -0.25) is 0 Å². The maximum absolute atomic E-state index is 8.52. The third-order valence-electron chi connectivity index (χ3n) is 0. The first kappa shape index (κ1) is 127. The fourth-order valence-electron chi connectivity index (χ4n) is 0. The van der Waals surface area contributed by atoms with E-state index in [0.717, 1.165) is 0 Å². The van der Waals surface area contributed by atoms with Gasteiger partial charge in [-0.05, 0) is 0 Å². The van der Waals surface area contributed by atoms with Crippen LogP contribution in [0.15, 0.2) is 0 Å². The second kappa shape index (κ2) is 116. The Labute approximate surface area is 322 Å². The summed E-state index contributed by atoms with van der Waals surface area (Å²) in [5, 5.41) is 0. The number of rotatable bonds is 0. The maximum Gasteiger partial charge on any atom is 2.00 e. The summed E-state index contributed by atoms with van der Waals surface area (Å²) in [6.07, 6.45) is 0. The molecule has 0 radical (unpaired) electrons. The van der Waals surface area contributed by atoms with Gasteiger partial charge < -0.3 is 78.1 Å². The van der Waals surface area contributed by atoms with Crippen molar-refractivity contribution in [2.24, 2.45) is 0 Å². The molecule has 0 aliphatic carbocycles. The molecule has 0 rings (SSSR count). The zero-order valence-electron chi connectivity index (χ0n) is 16.8. The second-order valence-electron chi connectivity index (χ2n) is 1.00. The van der Waals surface area contributed by atoms with Gasteiger partial charge in [0.25, 0.3) is 0 Å². The summed E-state index contributed by atoms with van der Waals surface area (Å²) in [5.74, 6) is 0. The third kappa shape index (κ3) is 1130. The minimum Gasteiger partial charge on any atom is -0.870 e. The number of hydrogen-bond donors (Lipinski definition) is 0. The maximum atomic E-state index is 8.52. The van der Waals surface area contributed by atoms with E-state index in [4.69, 9.17) is 56.2 Å². The molecule has 0 unspecified atom stereocenters. The molecule has 0 saturated heterocycles. The topological polar surface area (TPSA) is 373 Å². The van der Waals surface area contributed by atoms with E-state index in [-0.39, 0.29) is 236 Å². The van der Waals surface area contributed by atoms with Crippen molar-refractivity contribution in [3.8, 4) is 0 Å². The minimum absolute atomic E-state index is 0. The Hall–Kier alpha value is 5.40. The van der Waals surface area contributed by atoms with Crippen molar-refractivity contribution in [3.63, 3.8) is 0 Å². The summed E-state index contributed by atoms with van der Waals surface area (Å²) in [6, 6.07) is 0. The Bertz CT molecular complexity index is 195. The molecule has 0 fully saturated rings. The normalized spacial score (nSPS) is 3.31. The van der Waals surface area contributed by atoms with E-state index in [9.17, 15) is 0 Å². The van der Waals surface area contributed by atoms with Crippen molar-refractivity contribution in [1.82, 2.24) is 0 Å². The van der Waals surface area contributed by atoms with Crippen LogP contribution in [0.25, 0.3) is 0 Å². The van der Waals surface area contributed by atoms with E-state index in [1.165, 1.54) is 0 Å². The zero-order chi connectivity index (χ0) is 14.3. The fraction of sp³-hybridized carbons (Fsp3) is 0. The van der Waals surface area contributed by atoms with Crippen molar-refractivity contribution in [1.29, 1.82) is 0 Å². The van der Waals surface area contributed by atoms with Crippen LogP contribution in [0.4, 0.5) is 0 Å². The molecular weight excluding hydrogens is 531 g/mol. The molecule has 4 N–H and O–H groups in total. The number of hydrogen-bond acceptors (Lipinski definition) is 16. The summed E-state index contributed by atoms with van der Waals surface area (Å²) in [7, 11) is -14.5. The Morgan fingerprint density at radius 1 is 0.345 bits per heavy atom. The second-order valence-corrected chi connectivity index (χ2v) is 3.00. The Morgan fingerprint density at radius 3 is 0.345 bits per heavy atom. The van der Waals surface area contributed by atoms with Crippen molar-refractivity contribution in [3.05, 3.63) is 0 Å². The summed E-state index contributed by atoms with van der Waals surface area (Å²) >= 11 is 0. The average Bonchev–Trinajstić information content (AvgIpc) is 1.76. The molecule has 0 aromatic carbocycles. The molecule has 0 saturated carbocycles. The molecule has 0 bridgehead atoms. The molecular formula is H4Li3Mg3Na3O16Si4. The van der Waals surface area contributed by atoms with Crippen molar-refractivity contribution in [2.75, 3.05) is 0 Å². The quantitative estimate of drug-likeness (QED) is 0.260. The Kier molecular flexibility index (Phi) is 506. The van der Waals surface area contributed by atoms with Crippen LogP contribution in [-0.4, -0.2) is 128 Å². The van der Waals surface area contributed by atoms with E-state index in [2.05, 4.69) is 0 Å². The van der Waals surface area contributed by atoms with Gasteiger partial charge in [0, 0.05) is 36.7 Å². The van der Waals surface area contributed by atoms with E-state index >= 15 is 0 Å². The molecule has 29 heteroatoms. The van der Waals surface area contributed by atoms with Gasteiger partial charge >= 0.3 is 214 Å². The summed E-state index contributed by atoms with van der Waals surface area (Å²) in [4.78, 5) is 68.1. The summed E-state index contributed by atoms with van der Waals surface area (Å²) in [6.45, 7) is 0. The van der Waals surface area contributed by atoms with E-state index in [1.807, 2.05) is 0 Å². The van der Waals surface area contributed by atoms with Crippen LogP contribution in [0, 0.1) is 0 Å². The molecule has 0 aromatic heterocycles. The van der Waals surface area contributed by atoms with Crippen LogP contribution in [0.3, 0.4) is 0 Å². The van der Waals surface area contributed by atoms with Crippen LogP contribution in [0.1, 0.15) is 0 Å². The van der Waals surface area contributed by atoms with Gasteiger partial charge in [-0.1, -0.05) is 0 Å². The van der Waals surface area contributed by atoms with Gasteiger partial charge in [0.1, 0.15) is 0 Å². The van der Waals surface area contributed by atoms with Gasteiger partial charge in [-0.15, -0.1) is 0 Å². The van der Waals surface area contributed by atoms with Crippen molar-refractivity contribution in [2.45, 2.75) is 0 Å². The third-order valence-corrected chi connectivity index (χ3v) is 0. The van der Waals surface area contributed by atoms with Gasteiger partial charge in [0.05, 0.1) is 0 Å². The monoisotopic (exact) mass is 534 g/mol.